The molecule has 0 bridgehead atoms. The molecule has 190 valence electrons. The highest BCUT2D eigenvalue weighted by atomic mass is 35.5. The van der Waals surface area contributed by atoms with Crippen molar-refractivity contribution >= 4 is 35.2 Å². The number of aromatic carboxylic acids is 1. The van der Waals surface area contributed by atoms with Crippen LogP contribution in [0.4, 0.5) is 5.82 Å². The van der Waals surface area contributed by atoms with Crippen LogP contribution in [0.25, 0.3) is 22.3 Å². The molecule has 4 rings (SSSR count). The van der Waals surface area contributed by atoms with Crippen molar-refractivity contribution in [3.05, 3.63) is 77.1 Å². The molecule has 0 spiro atoms. The van der Waals surface area contributed by atoms with Crippen molar-refractivity contribution in [3.8, 4) is 11.3 Å². The number of halogens is 1. The van der Waals surface area contributed by atoms with Gasteiger partial charge in [-0.2, -0.15) is 0 Å². The van der Waals surface area contributed by atoms with Gasteiger partial charge in [0.15, 0.2) is 0 Å². The van der Waals surface area contributed by atoms with Crippen LogP contribution in [0.15, 0.2) is 54.6 Å². The Morgan fingerprint density at radius 1 is 1.14 bits per heavy atom. The van der Waals surface area contributed by atoms with E-state index in [1.807, 2.05) is 55.5 Å². The smallest absolute Gasteiger partial charge is 0.337 e. The van der Waals surface area contributed by atoms with Crippen LogP contribution in [0.1, 0.15) is 54.1 Å². The molecule has 2 aromatic carbocycles. The number of carboxylic acids is 1. The number of carbonyl (C=O) groups is 1. The summed E-state index contributed by atoms with van der Waals surface area (Å²) in [7, 11) is 0. The first kappa shape index (κ1) is 27.1. The maximum atomic E-state index is 12.0. The molecule has 5 N–H and O–H groups in total. The van der Waals surface area contributed by atoms with E-state index in [1.165, 1.54) is 0 Å². The molecule has 9 heteroatoms. The van der Waals surface area contributed by atoms with E-state index >= 15 is 0 Å². The van der Waals surface area contributed by atoms with Gasteiger partial charge in [-0.25, -0.2) is 14.8 Å². The van der Waals surface area contributed by atoms with Crippen molar-refractivity contribution in [2.24, 2.45) is 5.73 Å². The van der Waals surface area contributed by atoms with Crippen LogP contribution in [0.5, 0.6) is 0 Å². The van der Waals surface area contributed by atoms with Gasteiger partial charge in [-0.1, -0.05) is 42.5 Å². The van der Waals surface area contributed by atoms with Crippen molar-refractivity contribution < 1.29 is 14.6 Å². The summed E-state index contributed by atoms with van der Waals surface area (Å²) >= 11 is 0. The van der Waals surface area contributed by atoms with Crippen LogP contribution in [0.3, 0.4) is 0 Å². The number of carboxylic acid groups (broad SMARTS) is 1. The minimum Gasteiger partial charge on any atom is -0.478 e. The number of nitrogens with one attached hydrogen (secondary N) is 2. The molecule has 4 aromatic rings. The largest absolute Gasteiger partial charge is 0.478 e. The number of ether oxygens (including phenoxy) is 1. The fraction of sp³-hybridized carbons (Fsp3) is 0.296. The topological polar surface area (TPSA) is 126 Å². The molecule has 0 fully saturated rings. The van der Waals surface area contributed by atoms with E-state index in [2.05, 4.69) is 31.1 Å². The third-order valence-electron chi connectivity index (χ3n) is 5.51. The number of aryl methyl sites for hydroxylation is 1. The second-order valence-corrected chi connectivity index (χ2v) is 9.63. The number of hydrogen-bond donors (Lipinski definition) is 4. The van der Waals surface area contributed by atoms with Crippen molar-refractivity contribution in [3.63, 3.8) is 0 Å². The molecular formula is C27H32ClN5O3. The van der Waals surface area contributed by atoms with E-state index < -0.39 is 12.0 Å². The molecule has 1 atom stereocenters. The van der Waals surface area contributed by atoms with Gasteiger partial charge < -0.3 is 25.9 Å². The molecule has 0 amide bonds. The molecule has 0 aliphatic rings. The lowest BCUT2D eigenvalue weighted by atomic mass is 10.1. The Morgan fingerprint density at radius 2 is 1.86 bits per heavy atom. The number of nitrogens with two attached hydrogens (primary N) is 1. The number of fused-ring (bicyclic) bond motifs is 1. The van der Waals surface area contributed by atoms with Crippen LogP contribution in [-0.2, 0) is 11.3 Å². The third kappa shape index (κ3) is 6.20. The lowest BCUT2D eigenvalue weighted by Gasteiger charge is -2.22. The number of nitrogens with zero attached hydrogens (tertiary/aromatic N) is 2. The van der Waals surface area contributed by atoms with E-state index in [9.17, 15) is 9.90 Å². The Bertz CT molecular complexity index is 1350. The number of anilines is 1. The van der Waals surface area contributed by atoms with Gasteiger partial charge in [-0.3, -0.25) is 0 Å². The lowest BCUT2D eigenvalue weighted by molar-refractivity contribution is 0.0692. The Hall–Kier alpha value is -3.46. The zero-order chi connectivity index (χ0) is 25.2. The fourth-order valence-electron chi connectivity index (χ4n) is 3.90. The minimum absolute atomic E-state index is 0. The van der Waals surface area contributed by atoms with E-state index in [4.69, 9.17) is 20.4 Å². The number of benzene rings is 2. The zero-order valence-corrected chi connectivity index (χ0v) is 21.6. The Balaban J connectivity index is 0.00000361. The predicted octanol–water partition coefficient (Wildman–Crippen LogP) is 5.48. The van der Waals surface area contributed by atoms with Crippen LogP contribution in [0, 0.1) is 6.92 Å². The number of aromatic amines is 1. The summed E-state index contributed by atoms with van der Waals surface area (Å²) < 4.78 is 5.76. The van der Waals surface area contributed by atoms with E-state index in [1.54, 1.807) is 6.07 Å². The van der Waals surface area contributed by atoms with Crippen molar-refractivity contribution in [2.75, 3.05) is 11.9 Å². The standard InChI is InChI=1S/C27H31N5O3.ClH/c1-16-25(32-27(2,3)4)31-24-18(11-8-12-21(24)29-16)22-13-19(26(33)34)23(30-22)20(28)15-35-14-17-9-6-5-7-10-17;/h5-13,20,30H,14-15,28H2,1-4H3,(H,31,32)(H,33,34);1H. The van der Waals surface area contributed by atoms with Crippen LogP contribution >= 0.6 is 12.4 Å². The molecular weight excluding hydrogens is 478 g/mol. The quantitative estimate of drug-likeness (QED) is 0.247. The lowest BCUT2D eigenvalue weighted by Crippen LogP contribution is -2.27. The van der Waals surface area contributed by atoms with Crippen LogP contribution in [-0.4, -0.2) is 38.2 Å². The molecule has 1 unspecified atom stereocenters. The third-order valence-corrected chi connectivity index (χ3v) is 5.51. The molecule has 0 saturated carbocycles. The van der Waals surface area contributed by atoms with Gasteiger partial charge in [0.25, 0.3) is 0 Å². The highest BCUT2D eigenvalue weighted by Gasteiger charge is 2.22. The number of aromatic nitrogens is 3. The molecule has 2 aromatic heterocycles. The Morgan fingerprint density at radius 3 is 2.53 bits per heavy atom. The van der Waals surface area contributed by atoms with Gasteiger partial charge in [-0.05, 0) is 45.4 Å². The molecule has 2 heterocycles. The highest BCUT2D eigenvalue weighted by molar-refractivity contribution is 5.95. The second-order valence-electron chi connectivity index (χ2n) is 9.63. The Kier molecular flexibility index (Phi) is 8.35. The van der Waals surface area contributed by atoms with Gasteiger partial charge in [0, 0.05) is 22.5 Å². The zero-order valence-electron chi connectivity index (χ0n) is 20.8. The van der Waals surface area contributed by atoms with E-state index in [-0.39, 0.29) is 30.1 Å². The first-order valence-electron chi connectivity index (χ1n) is 11.5. The SMILES string of the molecule is Cc1nc2cccc(-c3cc(C(=O)O)c(C(N)COCc4ccccc4)[nH]3)c2nc1NC(C)(C)C.Cl. The summed E-state index contributed by atoms with van der Waals surface area (Å²) in [6.07, 6.45) is 0. The molecule has 0 saturated heterocycles. The van der Waals surface area contributed by atoms with Gasteiger partial charge >= 0.3 is 5.97 Å². The molecule has 36 heavy (non-hydrogen) atoms. The van der Waals surface area contributed by atoms with Crippen molar-refractivity contribution in [1.29, 1.82) is 0 Å². The number of hydrogen-bond acceptors (Lipinski definition) is 6. The van der Waals surface area contributed by atoms with Gasteiger partial charge in [-0.15, -0.1) is 12.4 Å². The summed E-state index contributed by atoms with van der Waals surface area (Å²) in [4.78, 5) is 24.8. The summed E-state index contributed by atoms with van der Waals surface area (Å²) in [6.45, 7) is 8.65. The van der Waals surface area contributed by atoms with Crippen molar-refractivity contribution in [2.45, 2.75) is 45.9 Å². The number of rotatable bonds is 8. The molecule has 0 aliphatic heterocycles. The maximum Gasteiger partial charge on any atom is 0.337 e. The summed E-state index contributed by atoms with van der Waals surface area (Å²) in [5.41, 5.74) is 11.3. The van der Waals surface area contributed by atoms with Crippen molar-refractivity contribution in [1.82, 2.24) is 15.0 Å². The van der Waals surface area contributed by atoms with E-state index in [0.29, 0.717) is 29.3 Å². The maximum absolute atomic E-state index is 12.0. The highest BCUT2D eigenvalue weighted by Crippen LogP contribution is 2.31. The monoisotopic (exact) mass is 509 g/mol. The van der Waals surface area contributed by atoms with E-state index in [0.717, 1.165) is 22.3 Å². The molecule has 0 aliphatic carbocycles. The number of H-pyrrole nitrogens is 1. The van der Waals surface area contributed by atoms with Gasteiger partial charge in [0.1, 0.15) is 11.3 Å². The fourth-order valence-corrected chi connectivity index (χ4v) is 3.90. The summed E-state index contributed by atoms with van der Waals surface area (Å²) in [5, 5.41) is 13.2. The number of para-hydroxylation sites is 1. The average molecular weight is 510 g/mol. The first-order chi connectivity index (χ1) is 16.6. The van der Waals surface area contributed by atoms with Crippen LogP contribution in [0.2, 0.25) is 0 Å². The summed E-state index contributed by atoms with van der Waals surface area (Å²) in [6, 6.07) is 16.4. The van der Waals surface area contributed by atoms with Crippen LogP contribution < -0.4 is 11.1 Å². The normalized spacial score (nSPS) is 12.2. The van der Waals surface area contributed by atoms with Gasteiger partial charge in [0.05, 0.1) is 36.0 Å². The molecule has 0 radical (unpaired) electrons. The second kappa shape index (κ2) is 11.1. The average Bonchev–Trinajstić information content (AvgIpc) is 3.25. The predicted molar refractivity (Wildman–Crippen MR) is 145 cm³/mol. The molecule has 8 nitrogen and oxygen atoms in total. The Labute approximate surface area is 216 Å². The van der Waals surface area contributed by atoms with Gasteiger partial charge in [0.2, 0.25) is 0 Å². The minimum atomic E-state index is -1.06. The first-order valence-corrected chi connectivity index (χ1v) is 11.5. The summed E-state index contributed by atoms with van der Waals surface area (Å²) in [5.74, 6) is -0.369.